The Balaban J connectivity index is 1.63. The summed E-state index contributed by atoms with van der Waals surface area (Å²) in [6, 6.07) is 15.0. The van der Waals surface area contributed by atoms with Gasteiger partial charge < -0.3 is 14.4 Å². The molecule has 4 rings (SSSR count). The van der Waals surface area contributed by atoms with E-state index in [1.54, 1.807) is 53.9 Å². The Hall–Kier alpha value is -3.68. The van der Waals surface area contributed by atoms with E-state index in [1.165, 1.54) is 12.1 Å². The zero-order valence-corrected chi connectivity index (χ0v) is 18.7. The molecule has 2 heterocycles. The summed E-state index contributed by atoms with van der Waals surface area (Å²) in [5, 5.41) is 4.65. The zero-order valence-electron chi connectivity index (χ0n) is 18.7. The second-order valence-corrected chi connectivity index (χ2v) is 7.85. The molecule has 0 radical (unpaired) electrons. The maximum atomic E-state index is 13.5. The molecule has 1 saturated heterocycles. The van der Waals surface area contributed by atoms with Gasteiger partial charge in [0.15, 0.2) is 0 Å². The molecule has 0 unspecified atom stereocenters. The number of aromatic nitrogens is 2. The van der Waals surface area contributed by atoms with E-state index in [0.29, 0.717) is 60.9 Å². The molecule has 8 heteroatoms. The minimum absolute atomic E-state index is 0.172. The zero-order chi connectivity index (χ0) is 23.4. The van der Waals surface area contributed by atoms with Crippen LogP contribution in [0.5, 0.6) is 5.75 Å². The smallest absolute Gasteiger partial charge is 0.309 e. The second-order valence-electron chi connectivity index (χ2n) is 7.85. The van der Waals surface area contributed by atoms with Crippen molar-refractivity contribution in [3.8, 4) is 22.7 Å². The van der Waals surface area contributed by atoms with Gasteiger partial charge in [-0.3, -0.25) is 9.59 Å². The van der Waals surface area contributed by atoms with E-state index in [4.69, 9.17) is 9.47 Å². The first-order chi connectivity index (χ1) is 16.0. The van der Waals surface area contributed by atoms with Crippen LogP contribution in [0.15, 0.2) is 54.6 Å². The average molecular weight is 451 g/mol. The number of esters is 1. The summed E-state index contributed by atoms with van der Waals surface area (Å²) < 4.78 is 25.4. The molecule has 7 nitrogen and oxygen atoms in total. The lowest BCUT2D eigenvalue weighted by Crippen LogP contribution is -2.41. The molecule has 172 valence electrons. The van der Waals surface area contributed by atoms with Crippen molar-refractivity contribution in [2.45, 2.75) is 19.8 Å². The minimum atomic E-state index is -0.339. The number of carbonyl (C=O) groups is 2. The fourth-order valence-corrected chi connectivity index (χ4v) is 3.96. The van der Waals surface area contributed by atoms with E-state index in [9.17, 15) is 14.0 Å². The first-order valence-electron chi connectivity index (χ1n) is 11.0. The number of nitrogens with zero attached hydrogens (tertiary/aromatic N) is 3. The van der Waals surface area contributed by atoms with Crippen molar-refractivity contribution < 1.29 is 23.5 Å². The van der Waals surface area contributed by atoms with Gasteiger partial charge in [-0.15, -0.1) is 0 Å². The van der Waals surface area contributed by atoms with E-state index >= 15 is 0 Å². The Morgan fingerprint density at radius 1 is 1.06 bits per heavy atom. The third-order valence-corrected chi connectivity index (χ3v) is 5.79. The Bertz CT molecular complexity index is 1120. The highest BCUT2D eigenvalue weighted by Crippen LogP contribution is 2.26. The summed E-state index contributed by atoms with van der Waals surface area (Å²) in [5.74, 6) is -0.205. The summed E-state index contributed by atoms with van der Waals surface area (Å²) in [6.07, 6.45) is 1.12. The lowest BCUT2D eigenvalue weighted by molar-refractivity contribution is -0.149. The molecular weight excluding hydrogens is 425 g/mol. The van der Waals surface area contributed by atoms with Gasteiger partial charge in [0.05, 0.1) is 31.0 Å². The van der Waals surface area contributed by atoms with Gasteiger partial charge in [-0.05, 0) is 74.4 Å². The number of carbonyl (C=O) groups excluding carboxylic acids is 2. The van der Waals surface area contributed by atoms with Gasteiger partial charge in [-0.2, -0.15) is 5.10 Å². The number of rotatable bonds is 6. The number of ether oxygens (including phenoxy) is 2. The van der Waals surface area contributed by atoms with E-state index < -0.39 is 0 Å². The number of likely N-dealkylation sites (tertiary alicyclic amines) is 1. The van der Waals surface area contributed by atoms with Crippen LogP contribution >= 0.6 is 0 Å². The maximum Gasteiger partial charge on any atom is 0.309 e. The first-order valence-corrected chi connectivity index (χ1v) is 11.0. The van der Waals surface area contributed by atoms with Crippen LogP contribution < -0.4 is 4.74 Å². The van der Waals surface area contributed by atoms with E-state index in [-0.39, 0.29) is 23.6 Å². The lowest BCUT2D eigenvalue weighted by Gasteiger charge is -2.30. The van der Waals surface area contributed by atoms with Gasteiger partial charge in [0.2, 0.25) is 0 Å². The second kappa shape index (κ2) is 9.85. The fraction of sp³-hybridized carbons (Fsp3) is 0.320. The first kappa shape index (κ1) is 22.5. The van der Waals surface area contributed by atoms with E-state index in [2.05, 4.69) is 5.10 Å². The molecule has 0 bridgehead atoms. The van der Waals surface area contributed by atoms with Crippen LogP contribution in [0.4, 0.5) is 4.39 Å². The number of benzene rings is 2. The molecule has 0 aliphatic carbocycles. The van der Waals surface area contributed by atoms with Crippen LogP contribution in [0.2, 0.25) is 0 Å². The molecule has 1 aromatic heterocycles. The number of halogens is 1. The van der Waals surface area contributed by atoms with Gasteiger partial charge in [-0.1, -0.05) is 0 Å². The number of methoxy groups -OCH3 is 1. The Morgan fingerprint density at radius 3 is 2.33 bits per heavy atom. The molecule has 3 aromatic rings. The van der Waals surface area contributed by atoms with Crippen LogP contribution in [0.3, 0.4) is 0 Å². The number of amides is 1. The summed E-state index contributed by atoms with van der Waals surface area (Å²) >= 11 is 0. The van der Waals surface area contributed by atoms with Crippen LogP contribution in [0.1, 0.15) is 30.3 Å². The quantitative estimate of drug-likeness (QED) is 0.528. The van der Waals surface area contributed by atoms with Gasteiger partial charge in [0.1, 0.15) is 17.3 Å². The molecule has 0 saturated carbocycles. The van der Waals surface area contributed by atoms with Crippen molar-refractivity contribution in [3.63, 3.8) is 0 Å². The Labute approximate surface area is 191 Å². The van der Waals surface area contributed by atoms with Crippen LogP contribution in [-0.2, 0) is 9.53 Å². The topological polar surface area (TPSA) is 73.7 Å². The average Bonchev–Trinajstić information content (AvgIpc) is 3.30. The maximum absolute atomic E-state index is 13.5. The molecule has 33 heavy (non-hydrogen) atoms. The number of piperidine rings is 1. The fourth-order valence-electron chi connectivity index (χ4n) is 3.96. The van der Waals surface area contributed by atoms with E-state index in [0.717, 1.165) is 0 Å². The van der Waals surface area contributed by atoms with Crippen molar-refractivity contribution >= 4 is 11.9 Å². The molecule has 0 atom stereocenters. The predicted octanol–water partition coefficient (Wildman–Crippen LogP) is 4.10. The summed E-state index contributed by atoms with van der Waals surface area (Å²) in [7, 11) is 1.59. The molecular formula is C25H26FN3O4. The van der Waals surface area contributed by atoms with Gasteiger partial charge in [0.25, 0.3) is 5.91 Å². The van der Waals surface area contributed by atoms with Gasteiger partial charge in [0, 0.05) is 18.7 Å². The largest absolute Gasteiger partial charge is 0.497 e. The lowest BCUT2D eigenvalue weighted by atomic mass is 9.97. The molecule has 1 amide bonds. The third kappa shape index (κ3) is 4.89. The normalized spacial score (nSPS) is 14.2. The Kier molecular flexibility index (Phi) is 6.72. The monoisotopic (exact) mass is 451 g/mol. The van der Waals surface area contributed by atoms with Crippen LogP contribution in [-0.4, -0.2) is 53.4 Å². The highest BCUT2D eigenvalue weighted by atomic mass is 19.1. The van der Waals surface area contributed by atoms with Crippen LogP contribution in [0, 0.1) is 11.7 Å². The third-order valence-electron chi connectivity index (χ3n) is 5.79. The molecule has 0 spiro atoms. The van der Waals surface area contributed by atoms with Crippen molar-refractivity contribution in [1.29, 1.82) is 0 Å². The van der Waals surface area contributed by atoms with E-state index in [1.807, 2.05) is 12.1 Å². The SMILES string of the molecule is CCOC(=O)C1CCN(C(=O)c2cc(-c3ccc(F)cc3)nn2-c2ccc(OC)cc2)CC1. The number of hydrogen-bond acceptors (Lipinski definition) is 5. The van der Waals surface area contributed by atoms with Crippen molar-refractivity contribution in [2.24, 2.45) is 5.92 Å². The standard InChI is InChI=1S/C25H26FN3O4/c1-3-33-25(31)18-12-14-28(15-13-18)24(30)23-16-22(17-4-6-19(26)7-5-17)27-29(23)20-8-10-21(32-2)11-9-20/h4-11,16,18H,3,12-15H2,1-2H3. The van der Waals surface area contributed by atoms with Crippen LogP contribution in [0.25, 0.3) is 16.9 Å². The summed E-state index contributed by atoms with van der Waals surface area (Å²) in [4.78, 5) is 27.3. The summed E-state index contributed by atoms with van der Waals surface area (Å²) in [6.45, 7) is 3.06. The van der Waals surface area contributed by atoms with Crippen molar-refractivity contribution in [1.82, 2.24) is 14.7 Å². The predicted molar refractivity (Wildman–Crippen MR) is 121 cm³/mol. The highest BCUT2D eigenvalue weighted by Gasteiger charge is 2.30. The van der Waals surface area contributed by atoms with Crippen molar-refractivity contribution in [2.75, 3.05) is 26.8 Å². The molecule has 2 aromatic carbocycles. The van der Waals surface area contributed by atoms with Gasteiger partial charge >= 0.3 is 5.97 Å². The molecule has 1 fully saturated rings. The summed E-state index contributed by atoms with van der Waals surface area (Å²) in [5.41, 5.74) is 2.37. The van der Waals surface area contributed by atoms with Gasteiger partial charge in [-0.25, -0.2) is 9.07 Å². The Morgan fingerprint density at radius 2 is 1.73 bits per heavy atom. The minimum Gasteiger partial charge on any atom is -0.497 e. The molecule has 1 aliphatic heterocycles. The molecule has 1 aliphatic rings. The molecule has 0 N–H and O–H groups in total. The van der Waals surface area contributed by atoms with Crippen molar-refractivity contribution in [3.05, 3.63) is 66.1 Å². The number of hydrogen-bond donors (Lipinski definition) is 0. The highest BCUT2D eigenvalue weighted by molar-refractivity contribution is 5.94.